The number of hydrogen-bond acceptors (Lipinski definition) is 3. The highest BCUT2D eigenvalue weighted by atomic mass is 16.1. The molecule has 22 heavy (non-hydrogen) atoms. The average Bonchev–Trinajstić information content (AvgIpc) is 2.47. The first-order valence-electron chi connectivity index (χ1n) is 8.58. The van der Waals surface area contributed by atoms with Crippen molar-refractivity contribution in [3.8, 4) is 0 Å². The predicted octanol–water partition coefficient (Wildman–Crippen LogP) is 2.32. The number of aromatic nitrogens is 1. The van der Waals surface area contributed by atoms with Gasteiger partial charge < -0.3 is 4.57 Å². The summed E-state index contributed by atoms with van der Waals surface area (Å²) < 4.78 is 1.85. The Morgan fingerprint density at radius 2 is 1.86 bits per heavy atom. The fraction of sp³-hybridized carbons (Fsp3) is 0.722. The molecule has 2 aliphatic rings. The zero-order valence-corrected chi connectivity index (χ0v) is 14.4. The first-order chi connectivity index (χ1) is 10.4. The van der Waals surface area contributed by atoms with E-state index in [4.69, 9.17) is 0 Å². The van der Waals surface area contributed by atoms with Crippen molar-refractivity contribution in [2.24, 2.45) is 0 Å². The van der Waals surface area contributed by atoms with Crippen LogP contribution in [0.3, 0.4) is 0 Å². The molecule has 1 aromatic rings. The van der Waals surface area contributed by atoms with Gasteiger partial charge in [-0.05, 0) is 39.2 Å². The summed E-state index contributed by atoms with van der Waals surface area (Å²) in [5, 5.41) is 0. The molecule has 4 heteroatoms. The van der Waals surface area contributed by atoms with Crippen molar-refractivity contribution >= 4 is 0 Å². The van der Waals surface area contributed by atoms with Crippen LogP contribution in [0.4, 0.5) is 0 Å². The maximum absolute atomic E-state index is 11.8. The van der Waals surface area contributed by atoms with Crippen LogP contribution in [0.15, 0.2) is 23.1 Å². The summed E-state index contributed by atoms with van der Waals surface area (Å²) in [7, 11) is 0. The lowest BCUT2D eigenvalue weighted by Gasteiger charge is -2.59. The van der Waals surface area contributed by atoms with E-state index in [1.165, 1.54) is 25.1 Å². The third kappa shape index (κ3) is 2.99. The Morgan fingerprint density at radius 1 is 1.18 bits per heavy atom. The van der Waals surface area contributed by atoms with Gasteiger partial charge in [0, 0.05) is 56.1 Å². The van der Waals surface area contributed by atoms with E-state index in [1.807, 2.05) is 10.6 Å². The maximum atomic E-state index is 11.8. The lowest BCUT2D eigenvalue weighted by Crippen LogP contribution is -2.70. The zero-order valence-electron chi connectivity index (χ0n) is 14.4. The number of fused-ring (bicyclic) bond motifs is 2. The van der Waals surface area contributed by atoms with E-state index in [-0.39, 0.29) is 11.1 Å². The molecule has 2 fully saturated rings. The zero-order chi connectivity index (χ0) is 15.9. The van der Waals surface area contributed by atoms with Gasteiger partial charge in [0.05, 0.1) is 0 Å². The van der Waals surface area contributed by atoms with Crippen molar-refractivity contribution in [2.75, 3.05) is 13.1 Å². The molecular weight excluding hydrogens is 274 g/mol. The van der Waals surface area contributed by atoms with Crippen LogP contribution in [0, 0.1) is 0 Å². The molecule has 2 unspecified atom stereocenters. The molecule has 2 saturated heterocycles. The second-order valence-electron chi connectivity index (χ2n) is 7.86. The first-order valence-corrected chi connectivity index (χ1v) is 8.58. The summed E-state index contributed by atoms with van der Waals surface area (Å²) >= 11 is 0. The normalized spacial score (nSPS) is 26.0. The molecular formula is C18H29N3O. The SMILES string of the molecule is CCCn1cc(CN2C3CC2CN(C(C)(C)C)C3)ccc1=O. The lowest BCUT2D eigenvalue weighted by atomic mass is 9.84. The van der Waals surface area contributed by atoms with Crippen molar-refractivity contribution in [3.63, 3.8) is 0 Å². The second kappa shape index (κ2) is 5.82. The van der Waals surface area contributed by atoms with Crippen molar-refractivity contribution < 1.29 is 0 Å². The number of piperazine rings is 1. The Kier molecular flexibility index (Phi) is 4.17. The highest BCUT2D eigenvalue weighted by molar-refractivity contribution is 5.13. The summed E-state index contributed by atoms with van der Waals surface area (Å²) in [5.41, 5.74) is 1.66. The van der Waals surface area contributed by atoms with Crippen LogP contribution in [0.25, 0.3) is 0 Å². The monoisotopic (exact) mass is 303 g/mol. The van der Waals surface area contributed by atoms with Gasteiger partial charge in [0.1, 0.15) is 0 Å². The Morgan fingerprint density at radius 3 is 2.45 bits per heavy atom. The van der Waals surface area contributed by atoms with Crippen molar-refractivity contribution in [1.29, 1.82) is 0 Å². The van der Waals surface area contributed by atoms with E-state index in [0.717, 1.165) is 19.5 Å². The molecule has 2 atom stereocenters. The molecule has 0 amide bonds. The summed E-state index contributed by atoms with van der Waals surface area (Å²) in [6.45, 7) is 13.2. The standard InChI is InChI=1S/C18H29N3O/c1-5-8-19-10-14(6-7-17(19)22)11-21-15-9-16(21)13-20(12-15)18(2,3)4/h6-7,10,15-16H,5,8-9,11-13H2,1-4H3. The molecule has 2 bridgehead atoms. The van der Waals surface area contributed by atoms with Gasteiger partial charge in [0.2, 0.25) is 0 Å². The quantitative estimate of drug-likeness (QED) is 0.854. The molecule has 0 radical (unpaired) electrons. The van der Waals surface area contributed by atoms with Gasteiger partial charge in [-0.1, -0.05) is 13.0 Å². The molecule has 0 spiro atoms. The summed E-state index contributed by atoms with van der Waals surface area (Å²) in [6.07, 6.45) is 4.39. The van der Waals surface area contributed by atoms with Crippen LogP contribution >= 0.6 is 0 Å². The van der Waals surface area contributed by atoms with Gasteiger partial charge in [0.15, 0.2) is 0 Å². The third-order valence-electron chi connectivity index (χ3n) is 5.17. The highest BCUT2D eigenvalue weighted by Crippen LogP contribution is 2.36. The Labute approximate surface area is 133 Å². The summed E-state index contributed by atoms with van der Waals surface area (Å²) in [6, 6.07) is 5.10. The van der Waals surface area contributed by atoms with Crippen molar-refractivity contribution in [3.05, 3.63) is 34.2 Å². The maximum Gasteiger partial charge on any atom is 0.250 e. The highest BCUT2D eigenvalue weighted by Gasteiger charge is 2.46. The first kappa shape index (κ1) is 15.8. The average molecular weight is 303 g/mol. The minimum atomic E-state index is 0.119. The molecule has 0 aliphatic carbocycles. The Balaban J connectivity index is 1.66. The van der Waals surface area contributed by atoms with E-state index in [1.54, 1.807) is 6.07 Å². The number of likely N-dealkylation sites (tertiary alicyclic amines) is 2. The van der Waals surface area contributed by atoms with Crippen molar-refractivity contribution in [1.82, 2.24) is 14.4 Å². The number of piperidine rings is 1. The van der Waals surface area contributed by atoms with Crippen LogP contribution in [0.1, 0.15) is 46.1 Å². The fourth-order valence-electron chi connectivity index (χ4n) is 3.79. The van der Waals surface area contributed by atoms with Gasteiger partial charge in [-0.2, -0.15) is 0 Å². The van der Waals surface area contributed by atoms with E-state index in [9.17, 15) is 4.79 Å². The van der Waals surface area contributed by atoms with Gasteiger partial charge in [-0.25, -0.2) is 0 Å². The Hall–Kier alpha value is -1.13. The number of rotatable bonds is 4. The van der Waals surface area contributed by atoms with Crippen LogP contribution in [0.5, 0.6) is 0 Å². The van der Waals surface area contributed by atoms with E-state index < -0.39 is 0 Å². The van der Waals surface area contributed by atoms with E-state index in [2.05, 4.69) is 43.7 Å². The molecule has 0 aromatic carbocycles. The molecule has 0 N–H and O–H groups in total. The summed E-state index contributed by atoms with van der Waals surface area (Å²) in [5.74, 6) is 0. The molecule has 3 heterocycles. The van der Waals surface area contributed by atoms with Crippen molar-refractivity contribution in [2.45, 2.75) is 71.2 Å². The minimum absolute atomic E-state index is 0.119. The molecule has 1 aromatic heterocycles. The predicted molar refractivity (Wildman–Crippen MR) is 90.1 cm³/mol. The third-order valence-corrected chi connectivity index (χ3v) is 5.17. The Bertz CT molecular complexity index is 575. The van der Waals surface area contributed by atoms with Gasteiger partial charge in [-0.15, -0.1) is 0 Å². The molecule has 4 nitrogen and oxygen atoms in total. The number of nitrogens with zero attached hydrogens (tertiary/aromatic N) is 3. The van der Waals surface area contributed by atoms with Crippen LogP contribution in [-0.4, -0.2) is 45.1 Å². The van der Waals surface area contributed by atoms with E-state index >= 15 is 0 Å². The molecule has 0 saturated carbocycles. The topological polar surface area (TPSA) is 28.5 Å². The number of aryl methyl sites for hydroxylation is 1. The molecule has 3 rings (SSSR count). The smallest absolute Gasteiger partial charge is 0.250 e. The van der Waals surface area contributed by atoms with Gasteiger partial charge in [-0.3, -0.25) is 14.6 Å². The summed E-state index contributed by atoms with van der Waals surface area (Å²) in [4.78, 5) is 17.1. The van der Waals surface area contributed by atoms with E-state index in [0.29, 0.717) is 12.1 Å². The lowest BCUT2D eigenvalue weighted by molar-refractivity contribution is -0.0997. The fourth-order valence-corrected chi connectivity index (χ4v) is 3.79. The number of pyridine rings is 1. The van der Waals surface area contributed by atoms with Gasteiger partial charge >= 0.3 is 0 Å². The largest absolute Gasteiger partial charge is 0.315 e. The second-order valence-corrected chi connectivity index (χ2v) is 7.86. The number of hydrogen-bond donors (Lipinski definition) is 0. The van der Waals surface area contributed by atoms with Crippen LogP contribution < -0.4 is 5.56 Å². The molecule has 2 aliphatic heterocycles. The minimum Gasteiger partial charge on any atom is -0.315 e. The molecule has 122 valence electrons. The van der Waals surface area contributed by atoms with Crippen LogP contribution in [-0.2, 0) is 13.1 Å². The van der Waals surface area contributed by atoms with Gasteiger partial charge in [0.25, 0.3) is 5.56 Å². The van der Waals surface area contributed by atoms with Crippen LogP contribution in [0.2, 0.25) is 0 Å².